The van der Waals surface area contributed by atoms with Gasteiger partial charge in [-0.1, -0.05) is 36.4 Å². The Morgan fingerprint density at radius 2 is 1.71 bits per heavy atom. The van der Waals surface area contributed by atoms with Crippen LogP contribution in [0.5, 0.6) is 0 Å². The van der Waals surface area contributed by atoms with E-state index in [0.717, 1.165) is 11.3 Å². The van der Waals surface area contributed by atoms with E-state index in [4.69, 9.17) is 0 Å². The van der Waals surface area contributed by atoms with E-state index in [1.807, 2.05) is 4.90 Å². The number of thiophene rings is 1. The van der Waals surface area contributed by atoms with Gasteiger partial charge in [0.1, 0.15) is 10.0 Å². The lowest BCUT2D eigenvalue weighted by molar-refractivity contribution is -0.258. The molecule has 0 spiro atoms. The van der Waals surface area contributed by atoms with Crippen molar-refractivity contribution in [3.63, 3.8) is 0 Å². The normalized spacial score (nSPS) is 19.5. The molecule has 1 aliphatic heterocycles. The number of anilines is 1. The standard InChI is InChI=1S/C24H24F4N2O3S2/c1-23(31,24(26,27)28)18-8-10-19(11-9-18)30-13-12-29(35(32,33)22-7-4-14-34-22)16-20(30)15-17-5-2-3-6-21(17)25/h2-11,14,20,31H,12-13,15-16H2,1H3/t20-,23-/m0/s1. The molecule has 0 bridgehead atoms. The number of nitrogens with zero attached hydrogens (tertiary/aromatic N) is 2. The fraction of sp³-hybridized carbons (Fsp3) is 0.333. The van der Waals surface area contributed by atoms with E-state index in [9.17, 15) is 31.1 Å². The first-order valence-electron chi connectivity index (χ1n) is 10.8. The van der Waals surface area contributed by atoms with Crippen LogP contribution >= 0.6 is 11.3 Å². The fourth-order valence-corrected chi connectivity index (χ4v) is 6.77. The van der Waals surface area contributed by atoms with Crippen LogP contribution in [0.15, 0.2) is 70.3 Å². The van der Waals surface area contributed by atoms with Gasteiger partial charge in [-0.05, 0) is 54.1 Å². The van der Waals surface area contributed by atoms with Crippen LogP contribution in [0.1, 0.15) is 18.1 Å². The summed E-state index contributed by atoms with van der Waals surface area (Å²) in [6, 6.07) is 14.3. The van der Waals surface area contributed by atoms with Crippen LogP contribution in [0, 0.1) is 5.82 Å². The van der Waals surface area contributed by atoms with E-state index in [-0.39, 0.29) is 35.8 Å². The Balaban J connectivity index is 1.65. The molecule has 11 heteroatoms. The van der Waals surface area contributed by atoms with E-state index in [1.54, 1.807) is 29.6 Å². The lowest BCUT2D eigenvalue weighted by atomic mass is 9.94. The summed E-state index contributed by atoms with van der Waals surface area (Å²) in [5, 5.41) is 11.6. The molecule has 5 nitrogen and oxygen atoms in total. The first-order chi connectivity index (χ1) is 16.4. The zero-order chi connectivity index (χ0) is 25.4. The zero-order valence-electron chi connectivity index (χ0n) is 18.7. The average Bonchev–Trinajstić information content (AvgIpc) is 3.36. The van der Waals surface area contributed by atoms with E-state index < -0.39 is 33.7 Å². The van der Waals surface area contributed by atoms with Crippen molar-refractivity contribution in [3.05, 3.63) is 83.0 Å². The number of aliphatic hydroxyl groups is 1. The van der Waals surface area contributed by atoms with E-state index in [1.165, 1.54) is 40.7 Å². The molecule has 3 aromatic rings. The minimum Gasteiger partial charge on any atom is -0.376 e. The fourth-order valence-electron chi connectivity index (χ4n) is 4.16. The number of alkyl halides is 3. The number of hydrogen-bond donors (Lipinski definition) is 1. The third-order valence-electron chi connectivity index (χ3n) is 6.26. The number of rotatable bonds is 6. The largest absolute Gasteiger partial charge is 0.421 e. The molecular formula is C24H24F4N2O3S2. The zero-order valence-corrected chi connectivity index (χ0v) is 20.4. The molecule has 188 valence electrons. The number of benzene rings is 2. The van der Waals surface area contributed by atoms with Crippen molar-refractivity contribution in [3.8, 4) is 0 Å². The molecule has 1 fully saturated rings. The molecule has 0 amide bonds. The van der Waals surface area contributed by atoms with Gasteiger partial charge in [0.15, 0.2) is 5.60 Å². The molecule has 2 atom stereocenters. The van der Waals surface area contributed by atoms with E-state index in [2.05, 4.69) is 0 Å². The van der Waals surface area contributed by atoms with Crippen LogP contribution in [0.25, 0.3) is 0 Å². The lowest BCUT2D eigenvalue weighted by Gasteiger charge is -2.42. The van der Waals surface area contributed by atoms with Crippen LogP contribution in [0.4, 0.5) is 23.2 Å². The molecule has 0 unspecified atom stereocenters. The molecule has 2 aromatic carbocycles. The highest BCUT2D eigenvalue weighted by Gasteiger charge is 2.51. The maximum absolute atomic E-state index is 14.4. The summed E-state index contributed by atoms with van der Waals surface area (Å²) >= 11 is 1.12. The molecule has 1 N–H and O–H groups in total. The third-order valence-corrected chi connectivity index (χ3v) is 9.50. The van der Waals surface area contributed by atoms with Gasteiger partial charge in [-0.3, -0.25) is 0 Å². The van der Waals surface area contributed by atoms with Gasteiger partial charge in [0.2, 0.25) is 0 Å². The van der Waals surface area contributed by atoms with Crippen LogP contribution in [0.3, 0.4) is 0 Å². The predicted molar refractivity (Wildman–Crippen MR) is 126 cm³/mol. The smallest absolute Gasteiger partial charge is 0.376 e. The monoisotopic (exact) mass is 528 g/mol. The molecule has 1 saturated heterocycles. The molecule has 1 aliphatic rings. The first kappa shape index (κ1) is 25.6. The second kappa shape index (κ2) is 9.53. The summed E-state index contributed by atoms with van der Waals surface area (Å²) in [7, 11) is -3.73. The van der Waals surface area contributed by atoms with Gasteiger partial charge in [0, 0.05) is 31.4 Å². The molecular weight excluding hydrogens is 504 g/mol. The molecule has 35 heavy (non-hydrogen) atoms. The lowest BCUT2D eigenvalue weighted by Crippen LogP contribution is -2.55. The minimum atomic E-state index is -4.84. The molecule has 0 radical (unpaired) electrons. The van der Waals surface area contributed by atoms with Crippen LogP contribution < -0.4 is 4.90 Å². The number of sulfonamides is 1. The summed E-state index contributed by atoms with van der Waals surface area (Å²) in [5.41, 5.74) is -2.35. The van der Waals surface area contributed by atoms with Gasteiger partial charge in [0.25, 0.3) is 10.0 Å². The van der Waals surface area contributed by atoms with Gasteiger partial charge in [-0.15, -0.1) is 11.3 Å². The Hall–Kier alpha value is -2.47. The maximum atomic E-state index is 14.4. The average molecular weight is 529 g/mol. The van der Waals surface area contributed by atoms with Crippen molar-refractivity contribution in [2.45, 2.75) is 35.4 Å². The SMILES string of the molecule is C[C@](O)(c1ccc(N2CCN(S(=O)(=O)c3cccs3)C[C@@H]2Cc2ccccc2F)cc1)C(F)(F)F. The second-order valence-corrected chi connectivity index (χ2v) is 11.7. The number of halogens is 4. The molecule has 1 aromatic heterocycles. The molecule has 0 saturated carbocycles. The summed E-state index contributed by atoms with van der Waals surface area (Å²) in [6.45, 7) is 1.20. The van der Waals surface area contributed by atoms with E-state index >= 15 is 0 Å². The van der Waals surface area contributed by atoms with Crippen LogP contribution in [-0.2, 0) is 22.0 Å². The second-order valence-electron chi connectivity index (χ2n) is 8.55. The predicted octanol–water partition coefficient (Wildman–Crippen LogP) is 4.78. The van der Waals surface area contributed by atoms with Gasteiger partial charge in [-0.25, -0.2) is 12.8 Å². The van der Waals surface area contributed by atoms with Crippen molar-refractivity contribution in [1.29, 1.82) is 0 Å². The summed E-state index contributed by atoms with van der Waals surface area (Å²) in [5.74, 6) is -0.415. The summed E-state index contributed by atoms with van der Waals surface area (Å²) in [4.78, 5) is 1.87. The van der Waals surface area contributed by atoms with Gasteiger partial charge in [0.05, 0.1) is 0 Å². The molecule has 4 rings (SSSR count). The third kappa shape index (κ3) is 5.09. The molecule has 0 aliphatic carbocycles. The van der Waals surface area contributed by atoms with Crippen LogP contribution in [0.2, 0.25) is 0 Å². The Morgan fingerprint density at radius 3 is 2.31 bits per heavy atom. The Kier molecular flexibility index (Phi) is 6.98. The number of piperazine rings is 1. The van der Waals surface area contributed by atoms with E-state index in [0.29, 0.717) is 18.2 Å². The topological polar surface area (TPSA) is 60.9 Å². The maximum Gasteiger partial charge on any atom is 0.421 e. The first-order valence-corrected chi connectivity index (χ1v) is 13.2. The van der Waals surface area contributed by atoms with Crippen molar-refractivity contribution in [1.82, 2.24) is 4.31 Å². The van der Waals surface area contributed by atoms with Gasteiger partial charge < -0.3 is 10.0 Å². The summed E-state index contributed by atoms with van der Waals surface area (Å²) < 4.78 is 81.9. The Morgan fingerprint density at radius 1 is 1.03 bits per heavy atom. The minimum absolute atomic E-state index is 0.0799. The summed E-state index contributed by atoms with van der Waals surface area (Å²) in [6.07, 6.45) is -4.64. The Labute approximate surface area is 205 Å². The van der Waals surface area contributed by atoms with Gasteiger partial charge in [-0.2, -0.15) is 17.5 Å². The Bertz CT molecular complexity index is 1260. The molecule has 2 heterocycles. The highest BCUT2D eigenvalue weighted by Crippen LogP contribution is 2.39. The van der Waals surface area contributed by atoms with Crippen molar-refractivity contribution >= 4 is 27.0 Å². The van der Waals surface area contributed by atoms with Crippen molar-refractivity contribution in [2.75, 3.05) is 24.5 Å². The van der Waals surface area contributed by atoms with Gasteiger partial charge >= 0.3 is 6.18 Å². The highest BCUT2D eigenvalue weighted by atomic mass is 32.2. The van der Waals surface area contributed by atoms with Crippen molar-refractivity contribution in [2.24, 2.45) is 0 Å². The highest BCUT2D eigenvalue weighted by molar-refractivity contribution is 7.91. The number of hydrogen-bond acceptors (Lipinski definition) is 5. The van der Waals surface area contributed by atoms with Crippen molar-refractivity contribution < 1.29 is 31.1 Å². The quantitative estimate of drug-likeness (QED) is 0.468. The van der Waals surface area contributed by atoms with Crippen LogP contribution in [-0.4, -0.2) is 49.7 Å².